The molecule has 94 valence electrons. The van der Waals surface area contributed by atoms with Crippen LogP contribution in [0.5, 0.6) is 0 Å². The van der Waals surface area contributed by atoms with Gasteiger partial charge in [-0.2, -0.15) is 4.98 Å². The van der Waals surface area contributed by atoms with Crippen LogP contribution in [-0.2, 0) is 5.54 Å². The monoisotopic (exact) mass is 267 g/mol. The highest BCUT2D eigenvalue weighted by molar-refractivity contribution is 6.33. The van der Waals surface area contributed by atoms with Crippen molar-refractivity contribution in [2.45, 2.75) is 24.8 Å². The van der Waals surface area contributed by atoms with Crippen LogP contribution in [0.1, 0.15) is 25.1 Å². The van der Waals surface area contributed by atoms with Gasteiger partial charge in [0.05, 0.1) is 16.1 Å². The van der Waals surface area contributed by atoms with Crippen molar-refractivity contribution in [2.75, 3.05) is 0 Å². The van der Waals surface area contributed by atoms with Crippen molar-refractivity contribution in [3.05, 3.63) is 34.9 Å². The number of hydrogen-bond acceptors (Lipinski definition) is 4. The average Bonchev–Trinajstić information content (AvgIpc) is 2.75. The summed E-state index contributed by atoms with van der Waals surface area (Å²) in [5, 5.41) is 4.13. The van der Waals surface area contributed by atoms with Gasteiger partial charge in [-0.1, -0.05) is 16.8 Å². The molecule has 3 rings (SSSR count). The summed E-state index contributed by atoms with van der Waals surface area (Å²) in [4.78, 5) is 4.26. The molecule has 1 saturated carbocycles. The van der Waals surface area contributed by atoms with Gasteiger partial charge in [-0.3, -0.25) is 0 Å². The molecule has 2 N–H and O–H groups in total. The van der Waals surface area contributed by atoms with E-state index < -0.39 is 11.4 Å². The van der Waals surface area contributed by atoms with Crippen molar-refractivity contribution in [3.63, 3.8) is 0 Å². The summed E-state index contributed by atoms with van der Waals surface area (Å²) in [5.74, 6) is 0.355. The molecule has 6 heteroatoms. The summed E-state index contributed by atoms with van der Waals surface area (Å²) in [6.07, 6.45) is 2.77. The minimum absolute atomic E-state index is 0.241. The van der Waals surface area contributed by atoms with Crippen molar-refractivity contribution < 1.29 is 8.91 Å². The molecule has 4 nitrogen and oxygen atoms in total. The number of nitrogens with zero attached hydrogens (tertiary/aromatic N) is 2. The smallest absolute Gasteiger partial charge is 0.259 e. The zero-order valence-electron chi connectivity index (χ0n) is 9.49. The number of aromatic nitrogens is 2. The highest BCUT2D eigenvalue weighted by atomic mass is 35.5. The lowest BCUT2D eigenvalue weighted by Crippen LogP contribution is -2.44. The van der Waals surface area contributed by atoms with E-state index in [1.807, 2.05) is 0 Å². The number of nitrogens with two attached hydrogens (primary N) is 1. The Kier molecular flexibility index (Phi) is 2.60. The van der Waals surface area contributed by atoms with Crippen molar-refractivity contribution in [1.82, 2.24) is 10.1 Å². The summed E-state index contributed by atoms with van der Waals surface area (Å²) in [6.45, 7) is 0. The summed E-state index contributed by atoms with van der Waals surface area (Å²) in [6, 6.07) is 4.02. The van der Waals surface area contributed by atoms with Gasteiger partial charge in [0.25, 0.3) is 5.89 Å². The van der Waals surface area contributed by atoms with Crippen molar-refractivity contribution in [1.29, 1.82) is 0 Å². The maximum absolute atomic E-state index is 13.0. The van der Waals surface area contributed by atoms with Crippen LogP contribution in [0.15, 0.2) is 22.7 Å². The molecule has 0 radical (unpaired) electrons. The van der Waals surface area contributed by atoms with Crippen LogP contribution < -0.4 is 5.73 Å². The minimum Gasteiger partial charge on any atom is -0.334 e. The van der Waals surface area contributed by atoms with Crippen LogP contribution in [-0.4, -0.2) is 10.1 Å². The average molecular weight is 268 g/mol. The fraction of sp³-hybridized carbons (Fsp3) is 0.333. The number of rotatable bonds is 2. The van der Waals surface area contributed by atoms with E-state index in [0.717, 1.165) is 19.3 Å². The van der Waals surface area contributed by atoms with Gasteiger partial charge in [0.2, 0.25) is 0 Å². The molecular formula is C12H11ClFN3O. The first-order chi connectivity index (χ1) is 8.58. The summed E-state index contributed by atoms with van der Waals surface area (Å²) in [5.41, 5.74) is 6.14. The molecule has 0 saturated heterocycles. The molecule has 0 spiro atoms. The molecule has 1 aromatic carbocycles. The van der Waals surface area contributed by atoms with Crippen LogP contribution >= 0.6 is 11.6 Å². The van der Waals surface area contributed by atoms with Crippen LogP contribution in [0, 0.1) is 5.82 Å². The molecule has 2 aromatic rings. The molecule has 1 aliphatic rings. The van der Waals surface area contributed by atoms with Crippen LogP contribution in [0.3, 0.4) is 0 Å². The van der Waals surface area contributed by atoms with Gasteiger partial charge in [-0.15, -0.1) is 0 Å². The topological polar surface area (TPSA) is 64.9 Å². The Hall–Kier alpha value is -1.46. The van der Waals surface area contributed by atoms with Crippen LogP contribution in [0.25, 0.3) is 11.5 Å². The van der Waals surface area contributed by atoms with E-state index in [2.05, 4.69) is 10.1 Å². The molecule has 1 fully saturated rings. The first kappa shape index (κ1) is 11.6. The van der Waals surface area contributed by atoms with E-state index in [0.29, 0.717) is 11.4 Å². The standard InChI is InChI=1S/C12H11ClFN3O/c13-9-6-7(14)2-3-8(9)10-16-11(17-18-10)12(15)4-1-5-12/h2-3,6H,1,4-5,15H2. The Labute approximate surface area is 108 Å². The number of halogens is 2. The third kappa shape index (κ3) is 1.79. The summed E-state index contributed by atoms with van der Waals surface area (Å²) >= 11 is 5.94. The maximum Gasteiger partial charge on any atom is 0.259 e. The molecule has 1 heterocycles. The van der Waals surface area contributed by atoms with E-state index in [9.17, 15) is 4.39 Å². The Morgan fingerprint density at radius 3 is 2.78 bits per heavy atom. The predicted molar refractivity (Wildman–Crippen MR) is 64.4 cm³/mol. The van der Waals surface area contributed by atoms with Crippen molar-refractivity contribution in [2.24, 2.45) is 5.73 Å². The van der Waals surface area contributed by atoms with Gasteiger partial charge in [0.15, 0.2) is 5.82 Å². The third-order valence-corrected chi connectivity index (χ3v) is 3.59. The second-order valence-electron chi connectivity index (χ2n) is 4.56. The Morgan fingerprint density at radius 1 is 1.39 bits per heavy atom. The van der Waals surface area contributed by atoms with E-state index in [-0.39, 0.29) is 10.9 Å². The lowest BCUT2D eigenvalue weighted by Gasteiger charge is -2.34. The van der Waals surface area contributed by atoms with Crippen molar-refractivity contribution in [3.8, 4) is 11.5 Å². The van der Waals surface area contributed by atoms with Crippen LogP contribution in [0.4, 0.5) is 4.39 Å². The molecule has 1 aromatic heterocycles. The number of hydrogen-bond donors (Lipinski definition) is 1. The highest BCUT2D eigenvalue weighted by Gasteiger charge is 2.39. The Morgan fingerprint density at radius 2 is 2.17 bits per heavy atom. The molecule has 0 bridgehead atoms. The quantitative estimate of drug-likeness (QED) is 0.909. The van der Waals surface area contributed by atoms with E-state index >= 15 is 0 Å². The van der Waals surface area contributed by atoms with Gasteiger partial charge in [-0.25, -0.2) is 4.39 Å². The first-order valence-corrected chi connectivity index (χ1v) is 6.05. The highest BCUT2D eigenvalue weighted by Crippen LogP contribution is 2.38. The van der Waals surface area contributed by atoms with Gasteiger partial charge in [0, 0.05) is 0 Å². The fourth-order valence-electron chi connectivity index (χ4n) is 1.98. The summed E-state index contributed by atoms with van der Waals surface area (Å²) in [7, 11) is 0. The largest absolute Gasteiger partial charge is 0.334 e. The molecule has 18 heavy (non-hydrogen) atoms. The van der Waals surface area contributed by atoms with E-state index in [4.69, 9.17) is 21.9 Å². The normalized spacial score (nSPS) is 17.5. The van der Waals surface area contributed by atoms with Crippen molar-refractivity contribution >= 4 is 11.6 Å². The maximum atomic E-state index is 13.0. The number of benzene rings is 1. The Balaban J connectivity index is 1.97. The van der Waals surface area contributed by atoms with Crippen LogP contribution in [0.2, 0.25) is 5.02 Å². The lowest BCUT2D eigenvalue weighted by molar-refractivity contribution is 0.229. The fourth-order valence-corrected chi connectivity index (χ4v) is 2.23. The SMILES string of the molecule is NC1(c2noc(-c3ccc(F)cc3Cl)n2)CCC1. The lowest BCUT2D eigenvalue weighted by atomic mass is 9.77. The Bertz CT molecular complexity index is 595. The van der Waals surface area contributed by atoms with E-state index in [1.54, 1.807) is 0 Å². The van der Waals surface area contributed by atoms with Gasteiger partial charge in [0.1, 0.15) is 5.82 Å². The van der Waals surface area contributed by atoms with Gasteiger partial charge >= 0.3 is 0 Å². The zero-order chi connectivity index (χ0) is 12.8. The van der Waals surface area contributed by atoms with E-state index in [1.165, 1.54) is 18.2 Å². The molecule has 0 atom stereocenters. The molecule has 0 aliphatic heterocycles. The second kappa shape index (κ2) is 4.03. The predicted octanol–water partition coefficient (Wildman–Crippen LogP) is 2.87. The second-order valence-corrected chi connectivity index (χ2v) is 4.96. The minimum atomic E-state index is -0.478. The van der Waals surface area contributed by atoms with Gasteiger partial charge in [-0.05, 0) is 37.5 Å². The third-order valence-electron chi connectivity index (χ3n) is 3.28. The van der Waals surface area contributed by atoms with Gasteiger partial charge < -0.3 is 10.3 Å². The summed E-state index contributed by atoms with van der Waals surface area (Å²) < 4.78 is 18.1. The molecule has 1 aliphatic carbocycles. The zero-order valence-corrected chi connectivity index (χ0v) is 10.2. The molecule has 0 amide bonds. The molecular weight excluding hydrogens is 257 g/mol. The first-order valence-electron chi connectivity index (χ1n) is 5.67. The molecule has 0 unspecified atom stereocenters.